The van der Waals surface area contributed by atoms with Gasteiger partial charge < -0.3 is 9.67 Å². The summed E-state index contributed by atoms with van der Waals surface area (Å²) in [5, 5.41) is 9.86. The Morgan fingerprint density at radius 2 is 2.10 bits per heavy atom. The lowest BCUT2D eigenvalue weighted by atomic mass is 10.1. The van der Waals surface area contributed by atoms with Gasteiger partial charge in [0.1, 0.15) is 5.82 Å². The average Bonchev–Trinajstić information content (AvgIpc) is 3.06. The number of rotatable bonds is 4. The standard InChI is InChI=1S/C14H11F2N3O2/c15-14(16)19-6-4-17-12(19)8-18-5-3-9-1-2-10(13(20)21)7-11(9)18/h1-7,14H,8H2,(H,20,21). The van der Waals surface area contributed by atoms with E-state index in [0.29, 0.717) is 5.52 Å². The largest absolute Gasteiger partial charge is 0.478 e. The smallest absolute Gasteiger partial charge is 0.335 e. The highest BCUT2D eigenvalue weighted by molar-refractivity contribution is 5.93. The lowest BCUT2D eigenvalue weighted by Gasteiger charge is -2.08. The Morgan fingerprint density at radius 1 is 1.29 bits per heavy atom. The predicted molar refractivity (Wildman–Crippen MR) is 71.5 cm³/mol. The number of carboxylic acid groups (broad SMARTS) is 1. The van der Waals surface area contributed by atoms with Crippen molar-refractivity contribution in [1.29, 1.82) is 0 Å². The first-order valence-corrected chi connectivity index (χ1v) is 6.18. The number of benzene rings is 1. The molecule has 0 amide bonds. The number of fused-ring (bicyclic) bond motifs is 1. The Kier molecular flexibility index (Phi) is 3.17. The number of nitrogens with zero attached hydrogens (tertiary/aromatic N) is 3. The topological polar surface area (TPSA) is 60.0 Å². The fraction of sp³-hybridized carbons (Fsp3) is 0.143. The van der Waals surface area contributed by atoms with E-state index in [1.165, 1.54) is 24.5 Å². The van der Waals surface area contributed by atoms with E-state index < -0.39 is 12.5 Å². The van der Waals surface area contributed by atoms with Crippen LogP contribution in [-0.2, 0) is 6.54 Å². The highest BCUT2D eigenvalue weighted by atomic mass is 19.3. The van der Waals surface area contributed by atoms with Gasteiger partial charge in [-0.1, -0.05) is 6.07 Å². The summed E-state index contributed by atoms with van der Waals surface area (Å²) in [6.07, 6.45) is 4.25. The van der Waals surface area contributed by atoms with E-state index in [-0.39, 0.29) is 17.9 Å². The second-order valence-corrected chi connectivity index (χ2v) is 4.55. The molecule has 0 aliphatic rings. The number of imidazole rings is 1. The van der Waals surface area contributed by atoms with E-state index in [9.17, 15) is 13.6 Å². The highest BCUT2D eigenvalue weighted by Crippen LogP contribution is 2.20. The first kappa shape index (κ1) is 13.3. The van der Waals surface area contributed by atoms with Crippen LogP contribution in [0, 0.1) is 0 Å². The van der Waals surface area contributed by atoms with Gasteiger partial charge >= 0.3 is 12.5 Å². The van der Waals surface area contributed by atoms with Crippen molar-refractivity contribution in [2.24, 2.45) is 0 Å². The minimum absolute atomic E-state index is 0.143. The molecule has 108 valence electrons. The first-order valence-electron chi connectivity index (χ1n) is 6.18. The lowest BCUT2D eigenvalue weighted by molar-refractivity contribution is 0.0666. The van der Waals surface area contributed by atoms with Gasteiger partial charge in [0.25, 0.3) is 0 Å². The number of aromatic nitrogens is 3. The summed E-state index contributed by atoms with van der Waals surface area (Å²) in [5.41, 5.74) is 0.818. The molecule has 0 saturated heterocycles. The van der Waals surface area contributed by atoms with Gasteiger partial charge in [-0.05, 0) is 23.6 Å². The molecule has 3 rings (SSSR count). The molecule has 7 heteroatoms. The van der Waals surface area contributed by atoms with Crippen molar-refractivity contribution in [2.45, 2.75) is 13.1 Å². The van der Waals surface area contributed by atoms with Crippen molar-refractivity contribution in [3.05, 3.63) is 54.2 Å². The molecule has 1 N–H and O–H groups in total. The zero-order valence-electron chi connectivity index (χ0n) is 10.8. The van der Waals surface area contributed by atoms with Gasteiger partial charge in [0, 0.05) is 24.1 Å². The molecule has 1 aromatic carbocycles. The Labute approximate surface area is 118 Å². The van der Waals surface area contributed by atoms with E-state index >= 15 is 0 Å². The van der Waals surface area contributed by atoms with E-state index in [1.807, 2.05) is 0 Å². The molecule has 0 spiro atoms. The molecule has 2 heterocycles. The van der Waals surface area contributed by atoms with Gasteiger partial charge in [-0.3, -0.25) is 4.57 Å². The fourth-order valence-electron chi connectivity index (χ4n) is 2.25. The number of hydrogen-bond acceptors (Lipinski definition) is 2. The summed E-state index contributed by atoms with van der Waals surface area (Å²) in [5.74, 6) is -0.818. The van der Waals surface area contributed by atoms with Crippen LogP contribution >= 0.6 is 0 Å². The van der Waals surface area contributed by atoms with Crippen LogP contribution in [0.1, 0.15) is 22.7 Å². The summed E-state index contributed by atoms with van der Waals surface area (Å²) >= 11 is 0. The van der Waals surface area contributed by atoms with Crippen molar-refractivity contribution >= 4 is 16.9 Å². The van der Waals surface area contributed by atoms with Crippen molar-refractivity contribution in [3.63, 3.8) is 0 Å². The van der Waals surface area contributed by atoms with E-state index in [0.717, 1.165) is 9.95 Å². The summed E-state index contributed by atoms with van der Waals surface area (Å²) in [7, 11) is 0. The van der Waals surface area contributed by atoms with Crippen LogP contribution in [0.3, 0.4) is 0 Å². The molecule has 0 aliphatic heterocycles. The molecule has 0 atom stereocenters. The Morgan fingerprint density at radius 3 is 2.81 bits per heavy atom. The van der Waals surface area contributed by atoms with Gasteiger partial charge in [0.2, 0.25) is 0 Å². The van der Waals surface area contributed by atoms with Crippen molar-refractivity contribution in [2.75, 3.05) is 0 Å². The van der Waals surface area contributed by atoms with Gasteiger partial charge in [-0.15, -0.1) is 0 Å². The number of aromatic carboxylic acids is 1. The van der Waals surface area contributed by atoms with Crippen molar-refractivity contribution < 1.29 is 18.7 Å². The van der Waals surface area contributed by atoms with E-state index in [2.05, 4.69) is 4.98 Å². The third kappa shape index (κ3) is 2.37. The number of hydrogen-bond donors (Lipinski definition) is 1. The van der Waals surface area contributed by atoms with Gasteiger partial charge in [-0.2, -0.15) is 8.78 Å². The second kappa shape index (κ2) is 5.01. The minimum Gasteiger partial charge on any atom is -0.478 e. The molecule has 0 unspecified atom stereocenters. The van der Waals surface area contributed by atoms with Gasteiger partial charge in [-0.25, -0.2) is 9.78 Å². The van der Waals surface area contributed by atoms with Crippen molar-refractivity contribution in [3.8, 4) is 0 Å². The normalized spacial score (nSPS) is 11.4. The number of carboxylic acids is 1. The second-order valence-electron chi connectivity index (χ2n) is 4.55. The van der Waals surface area contributed by atoms with E-state index in [1.54, 1.807) is 22.9 Å². The third-order valence-corrected chi connectivity index (χ3v) is 3.29. The number of carbonyl (C=O) groups is 1. The fourth-order valence-corrected chi connectivity index (χ4v) is 2.25. The Bertz CT molecular complexity index is 808. The van der Waals surface area contributed by atoms with Crippen LogP contribution in [0.5, 0.6) is 0 Å². The highest BCUT2D eigenvalue weighted by Gasteiger charge is 2.13. The molecule has 5 nitrogen and oxygen atoms in total. The number of halogens is 2. The average molecular weight is 291 g/mol. The molecular weight excluding hydrogens is 280 g/mol. The number of alkyl halides is 2. The monoisotopic (exact) mass is 291 g/mol. The van der Waals surface area contributed by atoms with Crippen molar-refractivity contribution in [1.82, 2.24) is 14.1 Å². The molecule has 0 radical (unpaired) electrons. The Hall–Kier alpha value is -2.70. The summed E-state index contributed by atoms with van der Waals surface area (Å²) in [6, 6.07) is 6.52. The molecule has 0 aliphatic carbocycles. The van der Waals surface area contributed by atoms with Crippen LogP contribution in [0.2, 0.25) is 0 Å². The zero-order valence-corrected chi connectivity index (χ0v) is 10.8. The Balaban J connectivity index is 2.02. The quantitative estimate of drug-likeness (QED) is 0.804. The van der Waals surface area contributed by atoms with Crippen LogP contribution in [0.4, 0.5) is 8.78 Å². The van der Waals surface area contributed by atoms with Crippen LogP contribution in [0.15, 0.2) is 42.9 Å². The van der Waals surface area contributed by atoms with Gasteiger partial charge in [0.15, 0.2) is 0 Å². The van der Waals surface area contributed by atoms with Crippen LogP contribution in [0.25, 0.3) is 10.9 Å². The molecule has 2 aromatic heterocycles. The maximum Gasteiger partial charge on any atom is 0.335 e. The summed E-state index contributed by atoms with van der Waals surface area (Å²) in [4.78, 5) is 14.9. The zero-order chi connectivity index (χ0) is 15.0. The molecule has 0 saturated carbocycles. The summed E-state index contributed by atoms with van der Waals surface area (Å²) < 4.78 is 28.1. The summed E-state index contributed by atoms with van der Waals surface area (Å²) in [6.45, 7) is -2.51. The molecular formula is C14H11F2N3O2. The van der Waals surface area contributed by atoms with E-state index in [4.69, 9.17) is 5.11 Å². The minimum atomic E-state index is -2.65. The van der Waals surface area contributed by atoms with Crippen LogP contribution in [-0.4, -0.2) is 25.2 Å². The molecule has 0 fully saturated rings. The maximum absolute atomic E-state index is 12.8. The molecule has 21 heavy (non-hydrogen) atoms. The maximum atomic E-state index is 12.8. The van der Waals surface area contributed by atoms with Crippen LogP contribution < -0.4 is 0 Å². The third-order valence-electron chi connectivity index (χ3n) is 3.29. The predicted octanol–water partition coefficient (Wildman–Crippen LogP) is 2.98. The lowest BCUT2D eigenvalue weighted by Crippen LogP contribution is -2.08. The molecule has 0 bridgehead atoms. The first-order chi connectivity index (χ1) is 10.1. The van der Waals surface area contributed by atoms with Gasteiger partial charge in [0.05, 0.1) is 12.1 Å². The SMILES string of the molecule is O=C(O)c1ccc2ccn(Cc3nccn3C(F)F)c2c1. The molecule has 3 aromatic rings.